The molecule has 0 bridgehead atoms. The van der Waals surface area contributed by atoms with Crippen molar-refractivity contribution in [1.82, 2.24) is 4.90 Å². The second-order valence-electron chi connectivity index (χ2n) is 5.69. The summed E-state index contributed by atoms with van der Waals surface area (Å²) in [5.74, 6) is 0.115. The number of likely N-dealkylation sites (tertiary alicyclic amines) is 1. The molecule has 3 nitrogen and oxygen atoms in total. The summed E-state index contributed by atoms with van der Waals surface area (Å²) in [4.78, 5) is 27.9. The summed E-state index contributed by atoms with van der Waals surface area (Å²) in [5, 5.41) is 2.05. The van der Waals surface area contributed by atoms with Gasteiger partial charge in [-0.3, -0.25) is 9.59 Å². The van der Waals surface area contributed by atoms with Crippen molar-refractivity contribution < 1.29 is 9.59 Å². The van der Waals surface area contributed by atoms with E-state index in [0.29, 0.717) is 5.56 Å². The SMILES string of the molecule is O=C(CCC(=O)N1CCC[C@H]1c1cccs1)c1ccc(Br)cc1. The third-order valence-electron chi connectivity index (χ3n) is 4.18. The van der Waals surface area contributed by atoms with Gasteiger partial charge >= 0.3 is 0 Å². The maximum atomic E-state index is 12.5. The van der Waals surface area contributed by atoms with Crippen LogP contribution in [-0.2, 0) is 4.79 Å². The molecular weight excluding hydrogens is 374 g/mol. The number of hydrogen-bond donors (Lipinski definition) is 0. The van der Waals surface area contributed by atoms with E-state index in [2.05, 4.69) is 22.0 Å². The van der Waals surface area contributed by atoms with E-state index in [-0.39, 0.29) is 30.6 Å². The number of halogens is 1. The van der Waals surface area contributed by atoms with Crippen molar-refractivity contribution in [3.63, 3.8) is 0 Å². The van der Waals surface area contributed by atoms with Crippen LogP contribution in [0.25, 0.3) is 0 Å². The standard InChI is InChI=1S/C18H18BrNO2S/c19-14-7-5-13(6-8-14)16(21)9-10-18(22)20-11-1-3-15(20)17-4-2-12-23-17/h2,4-8,12,15H,1,3,9-11H2/t15-/m0/s1. The lowest BCUT2D eigenvalue weighted by atomic mass is 10.1. The van der Waals surface area contributed by atoms with Crippen LogP contribution in [0.5, 0.6) is 0 Å². The number of hydrogen-bond acceptors (Lipinski definition) is 3. The number of rotatable bonds is 5. The first-order valence-corrected chi connectivity index (χ1v) is 9.44. The molecule has 5 heteroatoms. The Kier molecular flexibility index (Phi) is 5.28. The predicted octanol–water partition coefficient (Wildman–Crippen LogP) is 4.84. The summed E-state index contributed by atoms with van der Waals surface area (Å²) in [5.41, 5.74) is 0.664. The van der Waals surface area contributed by atoms with Gasteiger partial charge in [0.2, 0.25) is 5.91 Å². The topological polar surface area (TPSA) is 37.4 Å². The quantitative estimate of drug-likeness (QED) is 0.683. The van der Waals surface area contributed by atoms with E-state index in [1.165, 1.54) is 4.88 Å². The zero-order valence-electron chi connectivity index (χ0n) is 12.7. The van der Waals surface area contributed by atoms with Crippen LogP contribution in [0.15, 0.2) is 46.3 Å². The van der Waals surface area contributed by atoms with Crippen LogP contribution in [0.1, 0.15) is 47.0 Å². The van der Waals surface area contributed by atoms with Crippen molar-refractivity contribution in [2.75, 3.05) is 6.54 Å². The highest BCUT2D eigenvalue weighted by atomic mass is 79.9. The molecule has 0 N–H and O–H groups in total. The van der Waals surface area contributed by atoms with Gasteiger partial charge in [-0.25, -0.2) is 0 Å². The lowest BCUT2D eigenvalue weighted by Crippen LogP contribution is -2.30. The molecule has 1 aromatic heterocycles. The van der Waals surface area contributed by atoms with Gasteiger partial charge in [-0.1, -0.05) is 34.1 Å². The fourth-order valence-corrected chi connectivity index (χ4v) is 4.12. The highest BCUT2D eigenvalue weighted by molar-refractivity contribution is 9.10. The maximum Gasteiger partial charge on any atom is 0.223 e. The number of ketones is 1. The smallest absolute Gasteiger partial charge is 0.223 e. The largest absolute Gasteiger partial charge is 0.335 e. The molecule has 1 aliphatic heterocycles. The zero-order valence-corrected chi connectivity index (χ0v) is 15.1. The number of carbonyl (C=O) groups excluding carboxylic acids is 2. The van der Waals surface area contributed by atoms with Crippen LogP contribution < -0.4 is 0 Å². The van der Waals surface area contributed by atoms with Crippen LogP contribution in [0.4, 0.5) is 0 Å². The van der Waals surface area contributed by atoms with Crippen LogP contribution in [0, 0.1) is 0 Å². The molecule has 1 fully saturated rings. The Morgan fingerprint density at radius 3 is 2.65 bits per heavy atom. The first-order chi connectivity index (χ1) is 11.1. The van der Waals surface area contributed by atoms with Gasteiger partial charge in [-0.2, -0.15) is 0 Å². The van der Waals surface area contributed by atoms with Gasteiger partial charge in [0.15, 0.2) is 5.78 Å². The Balaban J connectivity index is 1.58. The molecule has 0 unspecified atom stereocenters. The zero-order chi connectivity index (χ0) is 16.2. The van der Waals surface area contributed by atoms with Gasteiger partial charge in [-0.05, 0) is 36.4 Å². The molecule has 1 aliphatic rings. The lowest BCUT2D eigenvalue weighted by Gasteiger charge is -2.23. The molecule has 1 atom stereocenters. The molecule has 0 radical (unpaired) electrons. The fraction of sp³-hybridized carbons (Fsp3) is 0.333. The van der Waals surface area contributed by atoms with E-state index in [4.69, 9.17) is 0 Å². The lowest BCUT2D eigenvalue weighted by molar-refractivity contribution is -0.132. The van der Waals surface area contributed by atoms with E-state index in [0.717, 1.165) is 23.9 Å². The Hall–Kier alpha value is -1.46. The van der Waals surface area contributed by atoms with Crippen molar-refractivity contribution in [3.8, 4) is 0 Å². The number of benzene rings is 1. The first-order valence-electron chi connectivity index (χ1n) is 7.77. The second kappa shape index (κ2) is 7.41. The highest BCUT2D eigenvalue weighted by Crippen LogP contribution is 2.34. The molecule has 1 amide bonds. The molecule has 3 rings (SSSR count). The van der Waals surface area contributed by atoms with Crippen LogP contribution in [0.3, 0.4) is 0 Å². The summed E-state index contributed by atoms with van der Waals surface area (Å²) in [6, 6.07) is 11.6. The van der Waals surface area contributed by atoms with E-state index in [1.807, 2.05) is 28.5 Å². The molecule has 2 aromatic rings. The monoisotopic (exact) mass is 391 g/mol. The van der Waals surface area contributed by atoms with E-state index in [9.17, 15) is 9.59 Å². The van der Waals surface area contributed by atoms with Gasteiger partial charge in [0.1, 0.15) is 0 Å². The molecule has 1 aromatic carbocycles. The van der Waals surface area contributed by atoms with Gasteiger partial charge in [0, 0.05) is 34.3 Å². The Morgan fingerprint density at radius 1 is 1.17 bits per heavy atom. The van der Waals surface area contributed by atoms with Crippen molar-refractivity contribution in [3.05, 3.63) is 56.7 Å². The highest BCUT2D eigenvalue weighted by Gasteiger charge is 2.30. The van der Waals surface area contributed by atoms with Crippen molar-refractivity contribution >= 4 is 39.0 Å². The second-order valence-corrected chi connectivity index (χ2v) is 7.59. The molecule has 0 spiro atoms. The van der Waals surface area contributed by atoms with E-state index in [1.54, 1.807) is 23.5 Å². The fourth-order valence-electron chi connectivity index (χ4n) is 2.99. The predicted molar refractivity (Wildman–Crippen MR) is 95.7 cm³/mol. The molecule has 0 saturated carbocycles. The average Bonchev–Trinajstić information content (AvgIpc) is 3.23. The minimum Gasteiger partial charge on any atom is -0.335 e. The molecular formula is C18H18BrNO2S. The van der Waals surface area contributed by atoms with Crippen LogP contribution in [-0.4, -0.2) is 23.1 Å². The van der Waals surface area contributed by atoms with Gasteiger partial charge in [-0.15, -0.1) is 11.3 Å². The summed E-state index contributed by atoms with van der Waals surface area (Å²) in [6.45, 7) is 0.799. The summed E-state index contributed by atoms with van der Waals surface area (Å²) in [6.07, 6.45) is 2.62. The van der Waals surface area contributed by atoms with Crippen molar-refractivity contribution in [2.24, 2.45) is 0 Å². The number of amides is 1. The third-order valence-corrected chi connectivity index (χ3v) is 5.68. The molecule has 0 aliphatic carbocycles. The maximum absolute atomic E-state index is 12.5. The molecule has 1 saturated heterocycles. The van der Waals surface area contributed by atoms with E-state index < -0.39 is 0 Å². The molecule has 2 heterocycles. The van der Waals surface area contributed by atoms with Crippen LogP contribution >= 0.6 is 27.3 Å². The number of thiophene rings is 1. The van der Waals surface area contributed by atoms with E-state index >= 15 is 0 Å². The number of carbonyl (C=O) groups is 2. The minimum absolute atomic E-state index is 0.0257. The Bertz CT molecular complexity index is 682. The minimum atomic E-state index is 0.0257. The third kappa shape index (κ3) is 3.90. The number of Topliss-reactive ketones (excluding diaryl/α,β-unsaturated/α-hetero) is 1. The normalized spacial score (nSPS) is 17.4. The van der Waals surface area contributed by atoms with Crippen LogP contribution in [0.2, 0.25) is 0 Å². The van der Waals surface area contributed by atoms with Crippen molar-refractivity contribution in [1.29, 1.82) is 0 Å². The summed E-state index contributed by atoms with van der Waals surface area (Å²) in [7, 11) is 0. The van der Waals surface area contributed by atoms with Gasteiger partial charge < -0.3 is 4.90 Å². The summed E-state index contributed by atoms with van der Waals surface area (Å²) >= 11 is 5.05. The molecule has 23 heavy (non-hydrogen) atoms. The Labute approximate surface area is 148 Å². The number of nitrogens with zero attached hydrogens (tertiary/aromatic N) is 1. The van der Waals surface area contributed by atoms with Crippen molar-refractivity contribution in [2.45, 2.75) is 31.7 Å². The van der Waals surface area contributed by atoms with Gasteiger partial charge in [0.25, 0.3) is 0 Å². The first kappa shape index (κ1) is 16.4. The Morgan fingerprint density at radius 2 is 1.96 bits per heavy atom. The molecule has 120 valence electrons. The summed E-state index contributed by atoms with van der Waals surface area (Å²) < 4.78 is 0.945. The van der Waals surface area contributed by atoms with Gasteiger partial charge in [0.05, 0.1) is 6.04 Å². The average molecular weight is 392 g/mol.